The van der Waals surface area contributed by atoms with Crippen molar-refractivity contribution >= 4 is 69.7 Å². The standard InChI is InChI=1S/2C18H15Ge.C4H12B2N2/c2*1-4-10-16(11-5-1)19(17-12-6-2-7-13-17)18-14-8-3-9-15-18;1-7(2)5-6-8(3)4/h2*1-15H;1-4H3. The quantitative estimate of drug-likeness (QED) is 0.211. The number of hydrogen-bond acceptors (Lipinski definition) is 2. The summed E-state index contributed by atoms with van der Waals surface area (Å²) in [6.07, 6.45) is 0. The molecule has 0 amide bonds. The van der Waals surface area contributed by atoms with Crippen LogP contribution in [0.1, 0.15) is 0 Å². The van der Waals surface area contributed by atoms with E-state index in [0.717, 1.165) is 0 Å². The van der Waals surface area contributed by atoms with Gasteiger partial charge in [-0.25, -0.2) is 0 Å². The predicted octanol–water partition coefficient (Wildman–Crippen LogP) is 3.67. The van der Waals surface area contributed by atoms with Crippen molar-refractivity contribution in [3.8, 4) is 0 Å². The van der Waals surface area contributed by atoms with Gasteiger partial charge in [-0.05, 0) is 28.2 Å². The summed E-state index contributed by atoms with van der Waals surface area (Å²) in [5, 5.41) is 0. The van der Waals surface area contributed by atoms with Crippen LogP contribution in [-0.2, 0) is 0 Å². The van der Waals surface area contributed by atoms with Gasteiger partial charge >= 0.3 is 237 Å². The molecule has 0 aliphatic rings. The molecule has 6 rings (SSSR count). The van der Waals surface area contributed by atoms with Crippen LogP contribution in [0.5, 0.6) is 0 Å². The van der Waals surface area contributed by atoms with Crippen molar-refractivity contribution in [2.75, 3.05) is 28.2 Å². The van der Waals surface area contributed by atoms with E-state index in [0.29, 0.717) is 0 Å². The molecule has 2 nitrogen and oxygen atoms in total. The second kappa shape index (κ2) is 19.9. The Bertz CT molecular complexity index is 1310. The normalized spacial score (nSPS) is 10.5. The molecule has 4 radical (unpaired) electrons. The molecule has 0 fully saturated rings. The SMILES string of the molecule is CN(C)[B][B]N(C)C.c1cc[c]([Ge]([c]2ccccc2)[c]2ccccc2)cc1.c1cc[c]([Ge]([c]2ccccc2)[c]2ccccc2)cc1. The number of rotatable bonds is 9. The summed E-state index contributed by atoms with van der Waals surface area (Å²) >= 11 is -3.26. The van der Waals surface area contributed by atoms with Crippen LogP contribution < -0.4 is 26.4 Å². The van der Waals surface area contributed by atoms with Gasteiger partial charge in [0.05, 0.1) is 0 Å². The van der Waals surface area contributed by atoms with Gasteiger partial charge in [0.1, 0.15) is 0 Å². The third kappa shape index (κ3) is 11.7. The van der Waals surface area contributed by atoms with E-state index < -0.39 is 28.7 Å². The fourth-order valence-electron chi connectivity index (χ4n) is 4.90. The van der Waals surface area contributed by atoms with Crippen molar-refractivity contribution in [1.82, 2.24) is 9.62 Å². The summed E-state index contributed by atoms with van der Waals surface area (Å²) in [4.78, 5) is 4.00. The Balaban J connectivity index is 0.000000170. The van der Waals surface area contributed by atoms with E-state index in [4.69, 9.17) is 0 Å². The molecule has 0 bridgehead atoms. The first-order chi connectivity index (χ1) is 22.5. The summed E-state index contributed by atoms with van der Waals surface area (Å²) in [6.45, 7) is 0. The van der Waals surface area contributed by atoms with Crippen LogP contribution in [0.15, 0.2) is 182 Å². The minimum atomic E-state index is -1.63. The van der Waals surface area contributed by atoms with Gasteiger partial charge in [-0.15, -0.1) is 0 Å². The van der Waals surface area contributed by atoms with Crippen LogP contribution in [0.2, 0.25) is 0 Å². The van der Waals surface area contributed by atoms with Gasteiger partial charge in [0, 0.05) is 0 Å². The zero-order valence-corrected chi connectivity index (χ0v) is 31.6. The zero-order valence-electron chi connectivity index (χ0n) is 27.4. The third-order valence-electron chi connectivity index (χ3n) is 7.04. The van der Waals surface area contributed by atoms with Gasteiger partial charge in [0.15, 0.2) is 14.6 Å². The Morgan fingerprint density at radius 3 is 0.565 bits per heavy atom. The molecule has 0 atom stereocenters. The van der Waals surface area contributed by atoms with E-state index in [-0.39, 0.29) is 0 Å². The third-order valence-corrected chi connectivity index (χ3v) is 18.5. The molecule has 0 saturated heterocycles. The average Bonchev–Trinajstić information content (AvgIpc) is 3.11. The van der Waals surface area contributed by atoms with Crippen molar-refractivity contribution in [2.45, 2.75) is 0 Å². The molecule has 0 spiro atoms. The molecule has 0 heterocycles. The number of nitrogens with zero attached hydrogens (tertiary/aromatic N) is 2. The van der Waals surface area contributed by atoms with Gasteiger partial charge in [-0.1, -0.05) is 0 Å². The average molecular weight is 718 g/mol. The van der Waals surface area contributed by atoms with E-state index in [1.807, 2.05) is 52.4 Å². The van der Waals surface area contributed by atoms with Gasteiger partial charge in [0.25, 0.3) is 0 Å². The molecule has 0 N–H and O–H groups in total. The van der Waals surface area contributed by atoms with Crippen LogP contribution in [-0.4, -0.2) is 81.1 Å². The molecule has 6 heteroatoms. The molecule has 0 saturated carbocycles. The summed E-state index contributed by atoms with van der Waals surface area (Å²) in [7, 11) is 12.0. The molecule has 6 aromatic rings. The number of hydrogen-bond donors (Lipinski definition) is 0. The van der Waals surface area contributed by atoms with Gasteiger partial charge in [0.2, 0.25) is 0 Å². The minimum absolute atomic E-state index is 1.50. The second-order valence-electron chi connectivity index (χ2n) is 11.2. The Hall–Kier alpha value is -3.54. The summed E-state index contributed by atoms with van der Waals surface area (Å²) in [5.41, 5.74) is 0. The Labute approximate surface area is 287 Å². The fourth-order valence-corrected chi connectivity index (χ4v) is 15.7. The number of benzene rings is 6. The van der Waals surface area contributed by atoms with Crippen molar-refractivity contribution < 1.29 is 0 Å². The monoisotopic (exact) mass is 720 g/mol. The summed E-state index contributed by atoms with van der Waals surface area (Å²) in [6, 6.07) is 65.6. The topological polar surface area (TPSA) is 6.48 Å². The molecule has 0 aliphatic carbocycles. The second-order valence-corrected chi connectivity index (χ2v) is 21.6. The van der Waals surface area contributed by atoms with Crippen LogP contribution in [0.3, 0.4) is 0 Å². The summed E-state index contributed by atoms with van der Waals surface area (Å²) < 4.78 is 9.00. The maximum atomic E-state index is 2.27. The predicted molar refractivity (Wildman–Crippen MR) is 207 cm³/mol. The van der Waals surface area contributed by atoms with E-state index in [1.165, 1.54) is 26.4 Å². The molecule has 0 aromatic heterocycles. The van der Waals surface area contributed by atoms with Gasteiger partial charge in [-0.2, -0.15) is 0 Å². The molecule has 0 aliphatic heterocycles. The van der Waals surface area contributed by atoms with Gasteiger partial charge < -0.3 is 9.62 Å². The van der Waals surface area contributed by atoms with Crippen molar-refractivity contribution in [3.63, 3.8) is 0 Å². The Morgan fingerprint density at radius 2 is 0.435 bits per heavy atom. The van der Waals surface area contributed by atoms with Crippen LogP contribution in [0.4, 0.5) is 0 Å². The molecular formula is C40H42B2Ge2N2. The van der Waals surface area contributed by atoms with Crippen LogP contribution in [0, 0.1) is 0 Å². The van der Waals surface area contributed by atoms with E-state index >= 15 is 0 Å². The molecule has 6 aromatic carbocycles. The Kier molecular flexibility index (Phi) is 15.2. The van der Waals surface area contributed by atoms with Gasteiger partial charge in [-0.3, -0.25) is 0 Å². The molecule has 46 heavy (non-hydrogen) atoms. The summed E-state index contributed by atoms with van der Waals surface area (Å²) in [5.74, 6) is 0. The fraction of sp³-hybridized carbons (Fsp3) is 0.100. The van der Waals surface area contributed by atoms with E-state index in [1.54, 1.807) is 0 Å². The maximum absolute atomic E-state index is 2.27. The van der Waals surface area contributed by atoms with Crippen LogP contribution >= 0.6 is 0 Å². The molecular weight excluding hydrogens is 675 g/mol. The zero-order chi connectivity index (χ0) is 32.4. The van der Waals surface area contributed by atoms with Crippen molar-refractivity contribution in [1.29, 1.82) is 0 Å². The first-order valence-corrected chi connectivity index (χ1v) is 21.9. The first kappa shape index (κ1) is 35.3. The van der Waals surface area contributed by atoms with Crippen LogP contribution in [0.25, 0.3) is 0 Å². The molecule has 0 unspecified atom stereocenters. The Morgan fingerprint density at radius 1 is 0.283 bits per heavy atom. The van der Waals surface area contributed by atoms with Crippen molar-refractivity contribution in [2.24, 2.45) is 0 Å². The molecule has 226 valence electrons. The van der Waals surface area contributed by atoms with E-state index in [2.05, 4.69) is 182 Å². The van der Waals surface area contributed by atoms with E-state index in [9.17, 15) is 0 Å². The van der Waals surface area contributed by atoms with Crippen molar-refractivity contribution in [3.05, 3.63) is 182 Å². The first-order valence-electron chi connectivity index (χ1n) is 15.6.